The van der Waals surface area contributed by atoms with Crippen LogP contribution in [0.15, 0.2) is 30.5 Å². The maximum absolute atomic E-state index is 13.5. The van der Waals surface area contributed by atoms with Crippen molar-refractivity contribution in [1.29, 1.82) is 0 Å². The number of nitrogens with zero attached hydrogens (tertiary/aromatic N) is 2. The van der Waals surface area contributed by atoms with Crippen molar-refractivity contribution >= 4 is 23.2 Å². The molecule has 16 heavy (non-hydrogen) atoms. The first-order chi connectivity index (χ1) is 7.66. The van der Waals surface area contributed by atoms with Gasteiger partial charge in [-0.1, -0.05) is 17.7 Å². The van der Waals surface area contributed by atoms with Crippen molar-refractivity contribution in [2.75, 3.05) is 0 Å². The summed E-state index contributed by atoms with van der Waals surface area (Å²) in [5.74, 6) is -0.498. The van der Waals surface area contributed by atoms with E-state index in [-0.39, 0.29) is 21.9 Å². The van der Waals surface area contributed by atoms with E-state index >= 15 is 0 Å². The summed E-state index contributed by atoms with van der Waals surface area (Å²) in [6, 6.07) is 5.91. The molecule has 0 aliphatic rings. The Morgan fingerprint density at radius 2 is 2.00 bits per heavy atom. The minimum absolute atomic E-state index is 0.0118. The Hall–Kier alpha value is -1.39. The van der Waals surface area contributed by atoms with Gasteiger partial charge in [-0.2, -0.15) is 4.98 Å². The normalized spacial score (nSPS) is 10.2. The molecule has 0 radical (unpaired) electrons. The zero-order valence-corrected chi connectivity index (χ0v) is 9.34. The van der Waals surface area contributed by atoms with Gasteiger partial charge in [-0.05, 0) is 23.7 Å². The molecule has 1 aromatic carbocycles. The molecule has 0 saturated carbocycles. The topological polar surface area (TPSA) is 35.0 Å². The van der Waals surface area contributed by atoms with Gasteiger partial charge >= 0.3 is 0 Å². The lowest BCUT2D eigenvalue weighted by atomic mass is 10.3. The third-order valence-corrected chi connectivity index (χ3v) is 2.21. The predicted molar refractivity (Wildman–Crippen MR) is 58.5 cm³/mol. The standard InChI is InChI=1S/C10H5Cl2FN2O/c11-6-2-1-3-7(9(6)13)16-8-4-5-14-10(12)15-8/h1-5H. The molecule has 0 unspecified atom stereocenters. The van der Waals surface area contributed by atoms with Crippen molar-refractivity contribution in [3.05, 3.63) is 46.6 Å². The maximum Gasteiger partial charge on any atom is 0.225 e. The highest BCUT2D eigenvalue weighted by Crippen LogP contribution is 2.27. The molecule has 0 aliphatic heterocycles. The van der Waals surface area contributed by atoms with Crippen molar-refractivity contribution in [2.45, 2.75) is 0 Å². The lowest BCUT2D eigenvalue weighted by Gasteiger charge is -2.05. The van der Waals surface area contributed by atoms with Gasteiger partial charge in [0.1, 0.15) is 0 Å². The van der Waals surface area contributed by atoms with Crippen LogP contribution >= 0.6 is 23.2 Å². The van der Waals surface area contributed by atoms with Crippen molar-refractivity contribution in [2.24, 2.45) is 0 Å². The molecule has 2 rings (SSSR count). The number of hydrogen-bond donors (Lipinski definition) is 0. The Labute approximate surface area is 101 Å². The van der Waals surface area contributed by atoms with Gasteiger partial charge in [0, 0.05) is 12.3 Å². The quantitative estimate of drug-likeness (QED) is 0.771. The van der Waals surface area contributed by atoms with Crippen LogP contribution in [-0.2, 0) is 0 Å². The van der Waals surface area contributed by atoms with E-state index in [4.69, 9.17) is 27.9 Å². The lowest BCUT2D eigenvalue weighted by Crippen LogP contribution is -1.92. The second-order valence-corrected chi connectivity index (χ2v) is 3.56. The van der Waals surface area contributed by atoms with Gasteiger partial charge < -0.3 is 4.74 Å². The first-order valence-corrected chi connectivity index (χ1v) is 5.03. The van der Waals surface area contributed by atoms with E-state index in [0.717, 1.165) is 0 Å². The maximum atomic E-state index is 13.5. The van der Waals surface area contributed by atoms with Gasteiger partial charge in [-0.25, -0.2) is 9.37 Å². The summed E-state index contributed by atoms with van der Waals surface area (Å²) in [4.78, 5) is 7.44. The van der Waals surface area contributed by atoms with Crippen molar-refractivity contribution < 1.29 is 9.13 Å². The van der Waals surface area contributed by atoms with E-state index in [2.05, 4.69) is 9.97 Å². The number of halogens is 3. The van der Waals surface area contributed by atoms with E-state index < -0.39 is 5.82 Å². The van der Waals surface area contributed by atoms with Gasteiger partial charge in [0.15, 0.2) is 11.6 Å². The summed E-state index contributed by atoms with van der Waals surface area (Å²) in [6.45, 7) is 0. The highest BCUT2D eigenvalue weighted by molar-refractivity contribution is 6.30. The van der Waals surface area contributed by atoms with Gasteiger partial charge in [-0.15, -0.1) is 0 Å². The first-order valence-electron chi connectivity index (χ1n) is 4.27. The fourth-order valence-corrected chi connectivity index (χ4v) is 1.36. The van der Waals surface area contributed by atoms with Crippen LogP contribution in [0.4, 0.5) is 4.39 Å². The van der Waals surface area contributed by atoms with Gasteiger partial charge in [-0.3, -0.25) is 0 Å². The van der Waals surface area contributed by atoms with Crippen LogP contribution in [0.1, 0.15) is 0 Å². The van der Waals surface area contributed by atoms with E-state index in [1.54, 1.807) is 6.07 Å². The molecule has 0 spiro atoms. The smallest absolute Gasteiger partial charge is 0.225 e. The number of rotatable bonds is 2. The van der Waals surface area contributed by atoms with E-state index in [0.29, 0.717) is 0 Å². The van der Waals surface area contributed by atoms with E-state index in [1.165, 1.54) is 24.4 Å². The molecule has 82 valence electrons. The Kier molecular flexibility index (Phi) is 3.22. The van der Waals surface area contributed by atoms with E-state index in [1.807, 2.05) is 0 Å². The van der Waals surface area contributed by atoms with Crippen LogP contribution in [0, 0.1) is 5.82 Å². The molecule has 2 aromatic rings. The van der Waals surface area contributed by atoms with E-state index in [9.17, 15) is 4.39 Å². The molecule has 3 nitrogen and oxygen atoms in total. The monoisotopic (exact) mass is 258 g/mol. The summed E-state index contributed by atoms with van der Waals surface area (Å²) in [6.07, 6.45) is 1.41. The van der Waals surface area contributed by atoms with Crippen molar-refractivity contribution in [1.82, 2.24) is 9.97 Å². The summed E-state index contributed by atoms with van der Waals surface area (Å²) in [5, 5.41) is 0.0117. The zero-order chi connectivity index (χ0) is 11.5. The molecule has 0 bridgehead atoms. The van der Waals surface area contributed by atoms with Crippen LogP contribution in [0.5, 0.6) is 11.6 Å². The first kappa shape index (κ1) is 11.1. The number of aromatic nitrogens is 2. The van der Waals surface area contributed by atoms with Crippen LogP contribution in [0.3, 0.4) is 0 Å². The minimum Gasteiger partial charge on any atom is -0.436 e. The second kappa shape index (κ2) is 4.63. The van der Waals surface area contributed by atoms with Gasteiger partial charge in [0.05, 0.1) is 5.02 Å². The average Bonchev–Trinajstić information content (AvgIpc) is 2.25. The lowest BCUT2D eigenvalue weighted by molar-refractivity contribution is 0.426. The highest BCUT2D eigenvalue weighted by Gasteiger charge is 2.09. The number of benzene rings is 1. The Bertz CT molecular complexity index is 522. The predicted octanol–water partition coefficient (Wildman–Crippen LogP) is 3.71. The highest BCUT2D eigenvalue weighted by atomic mass is 35.5. The van der Waals surface area contributed by atoms with Crippen molar-refractivity contribution in [3.63, 3.8) is 0 Å². The van der Waals surface area contributed by atoms with Crippen LogP contribution in [0.2, 0.25) is 10.3 Å². The van der Waals surface area contributed by atoms with Crippen molar-refractivity contribution in [3.8, 4) is 11.6 Å². The molecule has 1 heterocycles. The average molecular weight is 259 g/mol. The molecule has 0 aliphatic carbocycles. The summed E-state index contributed by atoms with van der Waals surface area (Å²) in [5.41, 5.74) is 0. The van der Waals surface area contributed by atoms with Crippen LogP contribution < -0.4 is 4.74 Å². The fourth-order valence-electron chi connectivity index (χ4n) is 1.05. The summed E-state index contributed by atoms with van der Waals surface area (Å²) >= 11 is 11.2. The SMILES string of the molecule is Fc1c(Cl)cccc1Oc1ccnc(Cl)n1. The number of hydrogen-bond acceptors (Lipinski definition) is 3. The zero-order valence-electron chi connectivity index (χ0n) is 7.82. The Morgan fingerprint density at radius 1 is 1.19 bits per heavy atom. The molecule has 0 amide bonds. The van der Waals surface area contributed by atoms with Crippen LogP contribution in [-0.4, -0.2) is 9.97 Å². The Morgan fingerprint density at radius 3 is 2.75 bits per heavy atom. The van der Waals surface area contributed by atoms with Gasteiger partial charge in [0.2, 0.25) is 11.2 Å². The Balaban J connectivity index is 2.31. The number of ether oxygens (including phenoxy) is 1. The molecular formula is C10H5Cl2FN2O. The molecule has 0 saturated heterocycles. The van der Waals surface area contributed by atoms with Crippen LogP contribution in [0.25, 0.3) is 0 Å². The largest absolute Gasteiger partial charge is 0.436 e. The van der Waals surface area contributed by atoms with Gasteiger partial charge in [0.25, 0.3) is 0 Å². The third kappa shape index (κ3) is 2.40. The molecule has 0 fully saturated rings. The minimum atomic E-state index is -0.640. The second-order valence-electron chi connectivity index (χ2n) is 2.82. The fraction of sp³-hybridized carbons (Fsp3) is 0. The molecule has 6 heteroatoms. The molecular weight excluding hydrogens is 254 g/mol. The molecule has 1 aromatic heterocycles. The molecule has 0 N–H and O–H groups in total. The summed E-state index contributed by atoms with van der Waals surface area (Å²) in [7, 11) is 0. The third-order valence-electron chi connectivity index (χ3n) is 1.73. The summed E-state index contributed by atoms with van der Waals surface area (Å²) < 4.78 is 18.6. The molecule has 0 atom stereocenters.